The lowest BCUT2D eigenvalue weighted by Crippen LogP contribution is -2.34. The molecule has 0 spiro atoms. The molecule has 102 valence electrons. The summed E-state index contributed by atoms with van der Waals surface area (Å²) in [6.07, 6.45) is -0.144. The van der Waals surface area contributed by atoms with Crippen LogP contribution in [0.5, 0.6) is 0 Å². The minimum atomic E-state index is -0.898. The Morgan fingerprint density at radius 1 is 1.16 bits per heavy atom. The Bertz CT molecular complexity index is 474. The lowest BCUT2D eigenvalue weighted by atomic mass is 10.2. The normalized spacial score (nSPS) is 16.0. The van der Waals surface area contributed by atoms with Gasteiger partial charge in [0, 0.05) is 44.0 Å². The Morgan fingerprint density at radius 2 is 1.84 bits per heavy atom. The van der Waals surface area contributed by atoms with Crippen molar-refractivity contribution >= 4 is 17.5 Å². The molecule has 1 aromatic carbocycles. The first kappa shape index (κ1) is 13.1. The van der Waals surface area contributed by atoms with Crippen molar-refractivity contribution in [3.63, 3.8) is 0 Å². The van der Waals surface area contributed by atoms with E-state index in [-0.39, 0.29) is 5.69 Å². The Hall–Kier alpha value is -2.31. The Labute approximate surface area is 110 Å². The number of anilines is 1. The zero-order chi connectivity index (χ0) is 13.8. The molecule has 0 bridgehead atoms. The van der Waals surface area contributed by atoms with E-state index in [0.717, 1.165) is 18.7 Å². The maximum Gasteiger partial charge on any atom is 0.407 e. The standard InChI is InChI=1S/C12H15N3O4/c16-12(17)14-7-1-6-13(8-9-14)10-2-4-11(5-3-10)15(18)19/h2-5H,1,6-9H2,(H,16,17). The first-order valence-electron chi connectivity index (χ1n) is 6.05. The van der Waals surface area contributed by atoms with Gasteiger partial charge >= 0.3 is 6.09 Å². The number of rotatable bonds is 2. The van der Waals surface area contributed by atoms with Crippen molar-refractivity contribution < 1.29 is 14.8 Å². The number of amides is 1. The van der Waals surface area contributed by atoms with Crippen LogP contribution in [0.15, 0.2) is 24.3 Å². The third-order valence-corrected chi connectivity index (χ3v) is 3.19. The quantitative estimate of drug-likeness (QED) is 0.650. The lowest BCUT2D eigenvalue weighted by Gasteiger charge is -2.22. The van der Waals surface area contributed by atoms with Crippen LogP contribution in [-0.2, 0) is 0 Å². The summed E-state index contributed by atoms with van der Waals surface area (Å²) >= 11 is 0. The molecule has 1 N–H and O–H groups in total. The number of nitro groups is 1. The fraction of sp³-hybridized carbons (Fsp3) is 0.417. The predicted molar refractivity (Wildman–Crippen MR) is 69.5 cm³/mol. The van der Waals surface area contributed by atoms with Crippen molar-refractivity contribution in [2.75, 3.05) is 31.1 Å². The topological polar surface area (TPSA) is 86.9 Å². The SMILES string of the molecule is O=C(O)N1CCCN(c2ccc([N+](=O)[O-])cc2)CC1. The molecule has 1 saturated heterocycles. The van der Waals surface area contributed by atoms with Crippen molar-refractivity contribution in [2.45, 2.75) is 6.42 Å². The number of hydrogen-bond acceptors (Lipinski definition) is 4. The van der Waals surface area contributed by atoms with Gasteiger partial charge in [0.05, 0.1) is 4.92 Å². The van der Waals surface area contributed by atoms with Crippen LogP contribution in [0.1, 0.15) is 6.42 Å². The van der Waals surface area contributed by atoms with Crippen molar-refractivity contribution in [1.29, 1.82) is 0 Å². The smallest absolute Gasteiger partial charge is 0.407 e. The van der Waals surface area contributed by atoms with Crippen molar-refractivity contribution in [1.82, 2.24) is 4.90 Å². The van der Waals surface area contributed by atoms with Gasteiger partial charge in [0.25, 0.3) is 5.69 Å². The van der Waals surface area contributed by atoms with Gasteiger partial charge in [0.15, 0.2) is 0 Å². The summed E-state index contributed by atoms with van der Waals surface area (Å²) in [6.45, 7) is 2.33. The number of non-ortho nitro benzene ring substituents is 1. The van der Waals surface area contributed by atoms with E-state index in [1.54, 1.807) is 12.1 Å². The van der Waals surface area contributed by atoms with E-state index in [2.05, 4.69) is 0 Å². The molecule has 0 aromatic heterocycles. The van der Waals surface area contributed by atoms with Gasteiger partial charge in [0.2, 0.25) is 0 Å². The fourth-order valence-corrected chi connectivity index (χ4v) is 2.15. The van der Waals surface area contributed by atoms with Crippen LogP contribution in [0.4, 0.5) is 16.2 Å². The average molecular weight is 265 g/mol. The highest BCUT2D eigenvalue weighted by atomic mass is 16.6. The van der Waals surface area contributed by atoms with E-state index < -0.39 is 11.0 Å². The van der Waals surface area contributed by atoms with Crippen LogP contribution in [-0.4, -0.2) is 47.2 Å². The van der Waals surface area contributed by atoms with Crippen LogP contribution in [0.3, 0.4) is 0 Å². The van der Waals surface area contributed by atoms with E-state index in [0.29, 0.717) is 19.6 Å². The molecule has 1 aliphatic rings. The number of benzene rings is 1. The molecule has 2 rings (SSSR count). The van der Waals surface area contributed by atoms with Crippen molar-refractivity contribution in [2.24, 2.45) is 0 Å². The van der Waals surface area contributed by atoms with Gasteiger partial charge in [-0.15, -0.1) is 0 Å². The summed E-state index contributed by atoms with van der Waals surface area (Å²) in [5.74, 6) is 0. The van der Waals surface area contributed by atoms with Crippen molar-refractivity contribution in [3.8, 4) is 0 Å². The van der Waals surface area contributed by atoms with E-state index in [1.165, 1.54) is 17.0 Å². The summed E-state index contributed by atoms with van der Waals surface area (Å²) in [7, 11) is 0. The van der Waals surface area contributed by atoms with Crippen molar-refractivity contribution in [3.05, 3.63) is 34.4 Å². The molecule has 1 heterocycles. The van der Waals surface area contributed by atoms with Gasteiger partial charge in [-0.1, -0.05) is 0 Å². The summed E-state index contributed by atoms with van der Waals surface area (Å²) in [4.78, 5) is 24.5. The van der Waals surface area contributed by atoms with Crippen LogP contribution >= 0.6 is 0 Å². The summed E-state index contributed by atoms with van der Waals surface area (Å²) < 4.78 is 0. The predicted octanol–water partition coefficient (Wildman–Crippen LogP) is 1.78. The molecule has 0 saturated carbocycles. The summed E-state index contributed by atoms with van der Waals surface area (Å²) in [6, 6.07) is 6.34. The lowest BCUT2D eigenvalue weighted by molar-refractivity contribution is -0.384. The van der Waals surface area contributed by atoms with Crippen LogP contribution in [0, 0.1) is 10.1 Å². The average Bonchev–Trinajstić information content (AvgIpc) is 2.64. The molecule has 0 radical (unpaired) electrons. The number of nitro benzene ring substituents is 1. The van der Waals surface area contributed by atoms with E-state index in [1.807, 2.05) is 4.90 Å². The molecular formula is C12H15N3O4. The number of carboxylic acid groups (broad SMARTS) is 1. The molecular weight excluding hydrogens is 250 g/mol. The second-order valence-corrected chi connectivity index (χ2v) is 4.38. The van der Waals surface area contributed by atoms with E-state index in [4.69, 9.17) is 5.11 Å². The molecule has 0 atom stereocenters. The number of carbonyl (C=O) groups is 1. The van der Waals surface area contributed by atoms with Gasteiger partial charge in [-0.25, -0.2) is 4.79 Å². The first-order valence-corrected chi connectivity index (χ1v) is 6.05. The molecule has 19 heavy (non-hydrogen) atoms. The highest BCUT2D eigenvalue weighted by Crippen LogP contribution is 2.20. The Kier molecular flexibility index (Phi) is 3.84. The third-order valence-electron chi connectivity index (χ3n) is 3.19. The monoisotopic (exact) mass is 265 g/mol. The zero-order valence-corrected chi connectivity index (χ0v) is 10.4. The minimum Gasteiger partial charge on any atom is -0.465 e. The molecule has 1 amide bonds. The molecule has 1 aliphatic heterocycles. The van der Waals surface area contributed by atoms with Gasteiger partial charge in [-0.05, 0) is 18.6 Å². The first-order chi connectivity index (χ1) is 9.08. The largest absolute Gasteiger partial charge is 0.465 e. The molecule has 7 heteroatoms. The number of hydrogen-bond donors (Lipinski definition) is 1. The summed E-state index contributed by atoms with van der Waals surface area (Å²) in [5, 5.41) is 19.5. The second kappa shape index (κ2) is 5.55. The molecule has 7 nitrogen and oxygen atoms in total. The van der Waals surface area contributed by atoms with Gasteiger partial charge in [0.1, 0.15) is 0 Å². The maximum atomic E-state index is 10.9. The highest BCUT2D eigenvalue weighted by Gasteiger charge is 2.18. The Morgan fingerprint density at radius 3 is 2.42 bits per heavy atom. The maximum absolute atomic E-state index is 10.9. The van der Waals surface area contributed by atoms with Crippen LogP contribution in [0.2, 0.25) is 0 Å². The molecule has 0 aliphatic carbocycles. The van der Waals surface area contributed by atoms with Gasteiger partial charge < -0.3 is 14.9 Å². The molecule has 0 unspecified atom stereocenters. The van der Waals surface area contributed by atoms with Crippen LogP contribution in [0.25, 0.3) is 0 Å². The molecule has 1 aromatic rings. The Balaban J connectivity index is 2.05. The van der Waals surface area contributed by atoms with E-state index in [9.17, 15) is 14.9 Å². The summed E-state index contributed by atoms with van der Waals surface area (Å²) in [5.41, 5.74) is 0.948. The third kappa shape index (κ3) is 3.12. The van der Waals surface area contributed by atoms with Gasteiger partial charge in [-0.3, -0.25) is 10.1 Å². The van der Waals surface area contributed by atoms with E-state index >= 15 is 0 Å². The number of nitrogens with zero attached hydrogens (tertiary/aromatic N) is 3. The second-order valence-electron chi connectivity index (χ2n) is 4.38. The fourth-order valence-electron chi connectivity index (χ4n) is 2.15. The van der Waals surface area contributed by atoms with Gasteiger partial charge in [-0.2, -0.15) is 0 Å². The van der Waals surface area contributed by atoms with Crippen LogP contribution < -0.4 is 4.90 Å². The minimum absolute atomic E-state index is 0.0609. The highest BCUT2D eigenvalue weighted by molar-refractivity contribution is 5.65. The zero-order valence-electron chi connectivity index (χ0n) is 10.4. The molecule has 1 fully saturated rings.